The van der Waals surface area contributed by atoms with E-state index in [-0.39, 0.29) is 17.4 Å². The lowest BCUT2D eigenvalue weighted by atomic mass is 9.79. The molecule has 1 saturated heterocycles. The molecule has 5 heteroatoms. The third-order valence-corrected chi connectivity index (χ3v) is 5.02. The highest BCUT2D eigenvalue weighted by Gasteiger charge is 2.35. The van der Waals surface area contributed by atoms with E-state index in [1.54, 1.807) is 16.8 Å². The van der Waals surface area contributed by atoms with Crippen molar-refractivity contribution < 1.29 is 4.79 Å². The Morgan fingerprint density at radius 3 is 2.95 bits per heavy atom. The summed E-state index contributed by atoms with van der Waals surface area (Å²) in [6, 6.07) is 7.86. The van der Waals surface area contributed by atoms with Crippen molar-refractivity contribution in [3.8, 4) is 11.3 Å². The number of hydrogen-bond acceptors (Lipinski definition) is 4. The second kappa shape index (κ2) is 5.82. The lowest BCUT2D eigenvalue weighted by Crippen LogP contribution is -2.54. The van der Waals surface area contributed by atoms with Gasteiger partial charge in [0.25, 0.3) is 5.91 Å². The van der Waals surface area contributed by atoms with Crippen LogP contribution in [0.2, 0.25) is 0 Å². The summed E-state index contributed by atoms with van der Waals surface area (Å²) in [6.07, 6.45) is 0.852. The van der Waals surface area contributed by atoms with Gasteiger partial charge in [-0.3, -0.25) is 4.79 Å². The van der Waals surface area contributed by atoms with Gasteiger partial charge < -0.3 is 10.6 Å². The van der Waals surface area contributed by atoms with E-state index in [0.29, 0.717) is 6.54 Å². The molecule has 1 aromatic heterocycles. The number of nitrogens with two attached hydrogens (primary N) is 1. The second-order valence-electron chi connectivity index (χ2n) is 6.56. The Bertz CT molecular complexity index is 666. The van der Waals surface area contributed by atoms with Gasteiger partial charge >= 0.3 is 0 Å². The van der Waals surface area contributed by atoms with Crippen molar-refractivity contribution >= 4 is 17.2 Å². The number of carbonyl (C=O) groups excluding carboxylic acids is 1. The van der Waals surface area contributed by atoms with Gasteiger partial charge in [0.05, 0.1) is 11.2 Å². The molecule has 1 amide bonds. The first kappa shape index (κ1) is 15.2. The van der Waals surface area contributed by atoms with E-state index in [4.69, 9.17) is 5.73 Å². The fraction of sp³-hybridized carbons (Fsp3) is 0.412. The Morgan fingerprint density at radius 2 is 2.27 bits per heavy atom. The van der Waals surface area contributed by atoms with Crippen molar-refractivity contribution in [1.29, 1.82) is 0 Å². The Balaban J connectivity index is 1.82. The number of carbonyl (C=O) groups is 1. The minimum absolute atomic E-state index is 0.0412. The summed E-state index contributed by atoms with van der Waals surface area (Å²) in [5.41, 5.74) is 10.5. The number of aromatic nitrogens is 1. The van der Waals surface area contributed by atoms with Crippen LogP contribution < -0.4 is 5.73 Å². The highest BCUT2D eigenvalue weighted by Crippen LogP contribution is 2.29. The molecule has 2 aromatic rings. The molecule has 0 bridgehead atoms. The largest absolute Gasteiger partial charge is 0.338 e. The van der Waals surface area contributed by atoms with Crippen LogP contribution in [0.25, 0.3) is 11.3 Å². The van der Waals surface area contributed by atoms with Crippen molar-refractivity contribution in [3.05, 3.63) is 40.7 Å². The van der Waals surface area contributed by atoms with Crippen molar-refractivity contribution in [2.45, 2.75) is 26.3 Å². The predicted molar refractivity (Wildman–Crippen MR) is 89.8 cm³/mol. The Hall–Kier alpha value is -1.72. The minimum atomic E-state index is -0.0412. The van der Waals surface area contributed by atoms with E-state index in [1.165, 1.54) is 0 Å². The Kier molecular flexibility index (Phi) is 4.02. The lowest BCUT2D eigenvalue weighted by Gasteiger charge is -2.42. The van der Waals surface area contributed by atoms with E-state index in [9.17, 15) is 4.79 Å². The van der Waals surface area contributed by atoms with Gasteiger partial charge in [-0.1, -0.05) is 26.0 Å². The first-order chi connectivity index (χ1) is 10.5. The monoisotopic (exact) mass is 315 g/mol. The van der Waals surface area contributed by atoms with Crippen LogP contribution in [0.1, 0.15) is 30.6 Å². The van der Waals surface area contributed by atoms with Gasteiger partial charge in [0, 0.05) is 35.6 Å². The third-order valence-electron chi connectivity index (χ3n) is 4.44. The normalized spacial score (nSPS) is 20.9. The molecule has 1 atom stereocenters. The molecule has 3 rings (SSSR count). The zero-order chi connectivity index (χ0) is 15.7. The molecule has 1 unspecified atom stereocenters. The van der Waals surface area contributed by atoms with Crippen LogP contribution in [0.4, 0.5) is 0 Å². The highest BCUT2D eigenvalue weighted by molar-refractivity contribution is 7.07. The number of rotatable bonds is 2. The van der Waals surface area contributed by atoms with Crippen molar-refractivity contribution in [1.82, 2.24) is 9.88 Å². The molecule has 0 saturated carbocycles. The maximum Gasteiger partial charge on any atom is 0.253 e. The van der Waals surface area contributed by atoms with Crippen LogP contribution in [-0.4, -0.2) is 34.9 Å². The zero-order valence-corrected chi connectivity index (χ0v) is 13.8. The predicted octanol–water partition coefficient (Wildman–Crippen LogP) is 3.01. The fourth-order valence-electron chi connectivity index (χ4n) is 2.90. The van der Waals surface area contributed by atoms with Crippen LogP contribution >= 0.6 is 11.3 Å². The van der Waals surface area contributed by atoms with Gasteiger partial charge in [-0.05, 0) is 24.0 Å². The van der Waals surface area contributed by atoms with E-state index >= 15 is 0 Å². The van der Waals surface area contributed by atoms with Gasteiger partial charge in [-0.15, -0.1) is 11.3 Å². The summed E-state index contributed by atoms with van der Waals surface area (Å²) in [5, 5.41) is 1.99. The standard InChI is InChI=1S/C17H21N3OS/c1-17(2)10-20(7-6-15(17)18)16(21)13-5-3-4-12(8-13)14-9-22-11-19-14/h3-5,8-9,11,15H,6-7,10,18H2,1-2H3. The topological polar surface area (TPSA) is 59.2 Å². The second-order valence-corrected chi connectivity index (χ2v) is 7.28. The molecular formula is C17H21N3OS. The van der Waals surface area contributed by atoms with Gasteiger partial charge in [-0.2, -0.15) is 0 Å². The summed E-state index contributed by atoms with van der Waals surface area (Å²) in [6.45, 7) is 5.68. The molecule has 1 aromatic carbocycles. The van der Waals surface area contributed by atoms with Crippen LogP contribution in [-0.2, 0) is 0 Å². The zero-order valence-electron chi connectivity index (χ0n) is 13.0. The van der Waals surface area contributed by atoms with Crippen molar-refractivity contribution in [2.24, 2.45) is 11.1 Å². The number of nitrogens with zero attached hydrogens (tertiary/aromatic N) is 2. The van der Waals surface area contributed by atoms with E-state index < -0.39 is 0 Å². The van der Waals surface area contributed by atoms with Crippen LogP contribution in [0.5, 0.6) is 0 Å². The summed E-state index contributed by atoms with van der Waals surface area (Å²) in [5.74, 6) is 0.0806. The number of amides is 1. The number of thiazole rings is 1. The summed E-state index contributed by atoms with van der Waals surface area (Å²) >= 11 is 1.56. The van der Waals surface area contributed by atoms with Crippen molar-refractivity contribution in [3.63, 3.8) is 0 Å². The molecular weight excluding hydrogens is 294 g/mol. The van der Waals surface area contributed by atoms with Gasteiger partial charge in [0.15, 0.2) is 0 Å². The van der Waals surface area contributed by atoms with Crippen LogP contribution in [0.3, 0.4) is 0 Å². The summed E-state index contributed by atoms with van der Waals surface area (Å²) in [4.78, 5) is 19.0. The number of likely N-dealkylation sites (tertiary alicyclic amines) is 1. The van der Waals surface area contributed by atoms with Crippen LogP contribution in [0.15, 0.2) is 35.2 Å². The first-order valence-electron chi connectivity index (χ1n) is 7.51. The molecule has 1 aliphatic heterocycles. The minimum Gasteiger partial charge on any atom is -0.338 e. The van der Waals surface area contributed by atoms with E-state index in [1.807, 2.05) is 34.5 Å². The SMILES string of the molecule is CC1(C)CN(C(=O)c2cccc(-c3cscn3)c2)CCC1N. The Labute approximate surface area is 135 Å². The molecule has 1 fully saturated rings. The maximum absolute atomic E-state index is 12.8. The van der Waals surface area contributed by atoms with Gasteiger partial charge in [-0.25, -0.2) is 4.98 Å². The molecule has 0 spiro atoms. The van der Waals surface area contributed by atoms with E-state index in [2.05, 4.69) is 18.8 Å². The van der Waals surface area contributed by atoms with Gasteiger partial charge in [0.2, 0.25) is 0 Å². The third kappa shape index (κ3) is 2.91. The molecule has 0 aliphatic carbocycles. The molecule has 0 radical (unpaired) electrons. The summed E-state index contributed by atoms with van der Waals surface area (Å²) in [7, 11) is 0. The smallest absolute Gasteiger partial charge is 0.253 e. The molecule has 4 nitrogen and oxygen atoms in total. The first-order valence-corrected chi connectivity index (χ1v) is 8.45. The molecule has 2 heterocycles. The van der Waals surface area contributed by atoms with Gasteiger partial charge in [0.1, 0.15) is 0 Å². The average molecular weight is 315 g/mol. The van der Waals surface area contributed by atoms with E-state index in [0.717, 1.165) is 29.8 Å². The summed E-state index contributed by atoms with van der Waals surface area (Å²) < 4.78 is 0. The van der Waals surface area contributed by atoms with Crippen molar-refractivity contribution in [2.75, 3.05) is 13.1 Å². The maximum atomic E-state index is 12.8. The number of benzene rings is 1. The average Bonchev–Trinajstić information content (AvgIpc) is 3.04. The molecule has 2 N–H and O–H groups in total. The quantitative estimate of drug-likeness (QED) is 0.927. The molecule has 116 valence electrons. The molecule has 1 aliphatic rings. The molecule has 22 heavy (non-hydrogen) atoms. The van der Waals surface area contributed by atoms with Crippen LogP contribution in [0, 0.1) is 5.41 Å². The number of hydrogen-bond donors (Lipinski definition) is 1. The fourth-order valence-corrected chi connectivity index (χ4v) is 3.46. The number of piperidine rings is 1. The Morgan fingerprint density at radius 1 is 1.45 bits per heavy atom. The highest BCUT2D eigenvalue weighted by atomic mass is 32.1. The lowest BCUT2D eigenvalue weighted by molar-refractivity contribution is 0.0533.